The maximum absolute atomic E-state index is 11.1. The molecule has 2 aromatic rings. The van der Waals surface area contributed by atoms with E-state index < -0.39 is 0 Å². The lowest BCUT2D eigenvalue weighted by Crippen LogP contribution is -2.35. The maximum Gasteiger partial charge on any atom is 0.276 e. The van der Waals surface area contributed by atoms with E-state index in [0.29, 0.717) is 11.5 Å². The van der Waals surface area contributed by atoms with E-state index in [2.05, 4.69) is 25.0 Å². The Bertz CT molecular complexity index is 845. The van der Waals surface area contributed by atoms with E-state index in [9.17, 15) is 10.1 Å². The molecule has 28 heavy (non-hydrogen) atoms. The van der Waals surface area contributed by atoms with Crippen molar-refractivity contribution in [1.82, 2.24) is 25.0 Å². The number of likely N-dealkylation sites (tertiary alicyclic amines) is 1. The second kappa shape index (κ2) is 9.27. The van der Waals surface area contributed by atoms with Gasteiger partial charge in [0.2, 0.25) is 0 Å². The van der Waals surface area contributed by atoms with Crippen LogP contribution in [0.15, 0.2) is 30.3 Å². The third-order valence-corrected chi connectivity index (χ3v) is 5.40. The molecule has 0 radical (unpaired) electrons. The normalized spacial score (nSPS) is 18.0. The molecule has 2 aliphatic rings. The standard InChI is InChI=1S/C19H24N6O2.ClH/c26-25(27)17-6-2-1-4-15(17)5-3-10-23-11-7-16(8-12-23)19-22-21-18-14-20-9-13-24(18)19;/h1-6,16,20H,7-14H2;1H/b5-3+;. The van der Waals surface area contributed by atoms with E-state index in [-0.39, 0.29) is 23.0 Å². The average molecular weight is 405 g/mol. The van der Waals surface area contributed by atoms with Gasteiger partial charge < -0.3 is 9.88 Å². The number of nitrogens with zero attached hydrogens (tertiary/aromatic N) is 5. The van der Waals surface area contributed by atoms with Gasteiger partial charge in [0.1, 0.15) is 11.6 Å². The van der Waals surface area contributed by atoms with Crippen molar-refractivity contribution in [3.63, 3.8) is 0 Å². The molecular weight excluding hydrogens is 380 g/mol. The highest BCUT2D eigenvalue weighted by molar-refractivity contribution is 5.85. The Morgan fingerprint density at radius 1 is 1.21 bits per heavy atom. The topological polar surface area (TPSA) is 89.1 Å². The molecule has 1 aromatic carbocycles. The van der Waals surface area contributed by atoms with Crippen LogP contribution in [0.2, 0.25) is 0 Å². The molecule has 1 N–H and O–H groups in total. The van der Waals surface area contributed by atoms with Crippen LogP contribution < -0.4 is 5.32 Å². The summed E-state index contributed by atoms with van der Waals surface area (Å²) in [5, 5.41) is 23.2. The average Bonchev–Trinajstić information content (AvgIpc) is 3.13. The van der Waals surface area contributed by atoms with Gasteiger partial charge in [-0.05, 0) is 32.0 Å². The second-order valence-electron chi connectivity index (χ2n) is 7.10. The van der Waals surface area contributed by atoms with Gasteiger partial charge in [0.05, 0.1) is 17.0 Å². The highest BCUT2D eigenvalue weighted by Crippen LogP contribution is 2.28. The number of piperidine rings is 1. The summed E-state index contributed by atoms with van der Waals surface area (Å²) >= 11 is 0. The lowest BCUT2D eigenvalue weighted by molar-refractivity contribution is -0.385. The maximum atomic E-state index is 11.1. The van der Waals surface area contributed by atoms with Crippen LogP contribution in [0.5, 0.6) is 0 Å². The van der Waals surface area contributed by atoms with Crippen molar-refractivity contribution in [3.05, 3.63) is 57.7 Å². The summed E-state index contributed by atoms with van der Waals surface area (Å²) in [5.41, 5.74) is 0.805. The number of hydrogen-bond donors (Lipinski definition) is 1. The van der Waals surface area contributed by atoms with E-state index in [1.54, 1.807) is 18.2 Å². The molecule has 1 fully saturated rings. The molecule has 0 aliphatic carbocycles. The largest absolute Gasteiger partial charge is 0.312 e. The molecule has 1 aromatic heterocycles. The highest BCUT2D eigenvalue weighted by Gasteiger charge is 2.26. The molecule has 2 aliphatic heterocycles. The van der Waals surface area contributed by atoms with Gasteiger partial charge in [-0.3, -0.25) is 15.0 Å². The summed E-state index contributed by atoms with van der Waals surface area (Å²) in [6.07, 6.45) is 6.02. The predicted octanol–water partition coefficient (Wildman–Crippen LogP) is 2.60. The van der Waals surface area contributed by atoms with Crippen LogP contribution in [-0.2, 0) is 13.1 Å². The first-order chi connectivity index (χ1) is 13.2. The van der Waals surface area contributed by atoms with Crippen molar-refractivity contribution in [2.75, 3.05) is 26.2 Å². The Labute approximate surface area is 170 Å². The molecule has 0 spiro atoms. The fourth-order valence-electron chi connectivity index (χ4n) is 3.91. The molecule has 8 nitrogen and oxygen atoms in total. The molecule has 0 saturated carbocycles. The number of benzene rings is 1. The Hall–Kier alpha value is -2.29. The van der Waals surface area contributed by atoms with Crippen LogP contribution in [0, 0.1) is 10.1 Å². The number of hydrogen-bond acceptors (Lipinski definition) is 6. The SMILES string of the molecule is Cl.O=[N+]([O-])c1ccccc1/C=C/CN1CCC(c2nnc3n2CCNC3)CC1. The fraction of sp³-hybridized carbons (Fsp3) is 0.474. The fourth-order valence-corrected chi connectivity index (χ4v) is 3.91. The molecule has 3 heterocycles. The van der Waals surface area contributed by atoms with Gasteiger partial charge in [-0.1, -0.05) is 24.3 Å². The van der Waals surface area contributed by atoms with Gasteiger partial charge in [-0.2, -0.15) is 0 Å². The van der Waals surface area contributed by atoms with Crippen molar-refractivity contribution in [2.24, 2.45) is 0 Å². The first-order valence-electron chi connectivity index (χ1n) is 9.47. The van der Waals surface area contributed by atoms with Crippen molar-refractivity contribution in [3.8, 4) is 0 Å². The number of halogens is 1. The molecule has 0 amide bonds. The first-order valence-corrected chi connectivity index (χ1v) is 9.47. The monoisotopic (exact) mass is 404 g/mol. The second-order valence-corrected chi connectivity index (χ2v) is 7.10. The molecule has 4 rings (SSSR count). The number of aromatic nitrogens is 3. The zero-order valence-electron chi connectivity index (χ0n) is 15.7. The zero-order chi connectivity index (χ0) is 18.6. The minimum atomic E-state index is -0.333. The van der Waals surface area contributed by atoms with Gasteiger partial charge >= 0.3 is 0 Å². The van der Waals surface area contributed by atoms with E-state index >= 15 is 0 Å². The molecule has 1 saturated heterocycles. The van der Waals surface area contributed by atoms with Crippen LogP contribution in [-0.4, -0.2) is 50.8 Å². The zero-order valence-corrected chi connectivity index (χ0v) is 16.5. The predicted molar refractivity (Wildman–Crippen MR) is 110 cm³/mol. The Morgan fingerprint density at radius 3 is 2.79 bits per heavy atom. The summed E-state index contributed by atoms with van der Waals surface area (Å²) in [6.45, 7) is 5.56. The van der Waals surface area contributed by atoms with Crippen LogP contribution in [0.3, 0.4) is 0 Å². The molecule has 9 heteroatoms. The number of nitrogens with one attached hydrogen (secondary N) is 1. The highest BCUT2D eigenvalue weighted by atomic mass is 35.5. The van der Waals surface area contributed by atoms with Gasteiger partial charge in [-0.15, -0.1) is 22.6 Å². The van der Waals surface area contributed by atoms with Crippen molar-refractivity contribution < 1.29 is 4.92 Å². The number of nitro groups is 1. The van der Waals surface area contributed by atoms with Gasteiger partial charge in [0, 0.05) is 31.6 Å². The van der Waals surface area contributed by atoms with Crippen molar-refractivity contribution in [1.29, 1.82) is 0 Å². The van der Waals surface area contributed by atoms with Crippen LogP contribution in [0.4, 0.5) is 5.69 Å². The third-order valence-electron chi connectivity index (χ3n) is 5.40. The summed E-state index contributed by atoms with van der Waals surface area (Å²) in [7, 11) is 0. The molecule has 150 valence electrons. The number of nitro benzene ring substituents is 1. The number of rotatable bonds is 5. The minimum absolute atomic E-state index is 0. The Morgan fingerprint density at radius 2 is 2.00 bits per heavy atom. The van der Waals surface area contributed by atoms with Crippen LogP contribution in [0.1, 0.15) is 36.0 Å². The van der Waals surface area contributed by atoms with Gasteiger partial charge in [0.15, 0.2) is 0 Å². The summed E-state index contributed by atoms with van der Waals surface area (Å²) < 4.78 is 2.28. The van der Waals surface area contributed by atoms with Gasteiger partial charge in [0.25, 0.3) is 5.69 Å². The summed E-state index contributed by atoms with van der Waals surface area (Å²) in [5.74, 6) is 2.66. The third kappa shape index (κ3) is 4.40. The molecular formula is C19H25ClN6O2. The lowest BCUT2D eigenvalue weighted by Gasteiger charge is -2.31. The number of fused-ring (bicyclic) bond motifs is 1. The van der Waals surface area contributed by atoms with Gasteiger partial charge in [-0.25, -0.2) is 0 Å². The molecule has 0 unspecified atom stereocenters. The summed E-state index contributed by atoms with van der Waals surface area (Å²) in [4.78, 5) is 13.1. The smallest absolute Gasteiger partial charge is 0.276 e. The summed E-state index contributed by atoms with van der Waals surface area (Å²) in [6, 6.07) is 6.84. The van der Waals surface area contributed by atoms with Crippen molar-refractivity contribution in [2.45, 2.75) is 31.8 Å². The van der Waals surface area contributed by atoms with E-state index in [4.69, 9.17) is 0 Å². The lowest BCUT2D eigenvalue weighted by atomic mass is 9.95. The minimum Gasteiger partial charge on any atom is -0.312 e. The van der Waals surface area contributed by atoms with E-state index in [0.717, 1.165) is 63.8 Å². The van der Waals surface area contributed by atoms with E-state index in [1.165, 1.54) is 0 Å². The van der Waals surface area contributed by atoms with Crippen LogP contribution >= 0.6 is 12.4 Å². The molecule has 0 atom stereocenters. The molecule has 0 bridgehead atoms. The quantitative estimate of drug-likeness (QED) is 0.608. The Balaban J connectivity index is 0.00000225. The Kier molecular flexibility index (Phi) is 6.77. The first kappa shape index (κ1) is 20.4. The van der Waals surface area contributed by atoms with Crippen molar-refractivity contribution >= 4 is 24.2 Å². The number of para-hydroxylation sites is 1. The van der Waals surface area contributed by atoms with E-state index in [1.807, 2.05) is 18.2 Å². The van der Waals surface area contributed by atoms with Crippen LogP contribution in [0.25, 0.3) is 6.08 Å².